The maximum absolute atomic E-state index is 12.9. The Kier molecular flexibility index (Phi) is 33.0. The number of carbonyl (C=O) groups excluding carboxylic acids is 1. The van der Waals surface area contributed by atoms with Crippen LogP contribution in [-0.2, 0) is 27.9 Å². The van der Waals surface area contributed by atoms with Crippen LogP contribution in [0.1, 0.15) is 188 Å². The van der Waals surface area contributed by atoms with E-state index in [2.05, 4.69) is 13.8 Å². The van der Waals surface area contributed by atoms with Crippen LogP contribution in [0.25, 0.3) is 0 Å². The summed E-state index contributed by atoms with van der Waals surface area (Å²) >= 11 is 0. The highest BCUT2D eigenvalue weighted by Crippen LogP contribution is 2.38. The predicted octanol–water partition coefficient (Wildman–Crippen LogP) is 10.9. The summed E-state index contributed by atoms with van der Waals surface area (Å²) in [5.41, 5.74) is 0. The number of nitrogens with zero attached hydrogens (tertiary/aromatic N) is 1. The van der Waals surface area contributed by atoms with Crippen molar-refractivity contribution in [1.82, 2.24) is 0 Å². The van der Waals surface area contributed by atoms with Crippen LogP contribution in [0.2, 0.25) is 0 Å². The number of hydrogen-bond acceptors (Lipinski definition) is 7. The van der Waals surface area contributed by atoms with E-state index in [0.29, 0.717) is 17.6 Å². The largest absolute Gasteiger partial charge is 0.756 e. The maximum atomic E-state index is 12.9. The summed E-state index contributed by atoms with van der Waals surface area (Å²) < 4.78 is 34.7. The second-order valence-corrected chi connectivity index (χ2v) is 17.0. The summed E-state index contributed by atoms with van der Waals surface area (Å²) in [6, 6.07) is 0. The van der Waals surface area contributed by atoms with Crippen LogP contribution in [0.15, 0.2) is 0 Å². The normalized spacial score (nSPS) is 14.5. The van der Waals surface area contributed by atoms with Gasteiger partial charge in [0.05, 0.1) is 40.3 Å². The van der Waals surface area contributed by atoms with Crippen LogP contribution in [0.5, 0.6) is 0 Å². The number of carbonyl (C=O) groups is 1. The molecular weight excluding hydrogens is 637 g/mol. The smallest absolute Gasteiger partial charge is 0.309 e. The number of hydrogen-bond donors (Lipinski definition) is 0. The van der Waals surface area contributed by atoms with Crippen LogP contribution in [0.3, 0.4) is 0 Å². The zero-order valence-corrected chi connectivity index (χ0v) is 34.2. The Hall–Kier alpha value is -0.500. The van der Waals surface area contributed by atoms with Crippen molar-refractivity contribution in [2.75, 3.05) is 54.1 Å². The third-order valence-corrected chi connectivity index (χ3v) is 10.3. The predicted molar refractivity (Wildman–Crippen MR) is 204 cm³/mol. The van der Waals surface area contributed by atoms with Gasteiger partial charge in [-0.3, -0.25) is 9.36 Å². The lowest BCUT2D eigenvalue weighted by molar-refractivity contribution is -0.870. The van der Waals surface area contributed by atoms with Gasteiger partial charge < -0.3 is 27.9 Å². The van der Waals surface area contributed by atoms with Crippen molar-refractivity contribution >= 4 is 13.8 Å². The molecular formula is C40H82NO7P. The molecule has 1 unspecified atom stereocenters. The Balaban J connectivity index is 4.37. The van der Waals surface area contributed by atoms with Crippen molar-refractivity contribution in [3.8, 4) is 0 Å². The van der Waals surface area contributed by atoms with Crippen LogP contribution in [0.4, 0.5) is 0 Å². The van der Waals surface area contributed by atoms with Gasteiger partial charge in [-0.1, -0.05) is 175 Å². The first-order valence-corrected chi connectivity index (χ1v) is 22.2. The Morgan fingerprint density at radius 1 is 0.592 bits per heavy atom. The van der Waals surface area contributed by atoms with Gasteiger partial charge in [0.15, 0.2) is 0 Å². The monoisotopic (exact) mass is 720 g/mol. The van der Waals surface area contributed by atoms with Gasteiger partial charge in [0, 0.05) is 6.61 Å². The molecule has 0 aromatic carbocycles. The fourth-order valence-corrected chi connectivity index (χ4v) is 6.61. The van der Waals surface area contributed by atoms with E-state index in [-0.39, 0.29) is 31.7 Å². The molecule has 0 fully saturated rings. The minimum absolute atomic E-state index is 0.0281. The van der Waals surface area contributed by atoms with Gasteiger partial charge in [0.1, 0.15) is 19.3 Å². The lowest BCUT2D eigenvalue weighted by atomic mass is 10.0. The Morgan fingerprint density at radius 3 is 1.43 bits per heavy atom. The SMILES string of the molecule is CCCCCCCCCCCCCCCCOC[C@@H](COP(=O)([O-])OCC[N+](C)(C)C)OC(=O)[C@H](C)CCCCCCCCCCCCC. The van der Waals surface area contributed by atoms with Gasteiger partial charge in [0.25, 0.3) is 7.82 Å². The Labute approximate surface area is 304 Å². The minimum atomic E-state index is -4.52. The lowest BCUT2D eigenvalue weighted by Crippen LogP contribution is -2.37. The number of phosphoric acid groups is 1. The first kappa shape index (κ1) is 48.5. The summed E-state index contributed by atoms with van der Waals surface area (Å²) in [5.74, 6) is -0.584. The average molecular weight is 720 g/mol. The molecule has 0 aromatic heterocycles. The fourth-order valence-electron chi connectivity index (χ4n) is 5.88. The first-order valence-electron chi connectivity index (χ1n) is 20.7. The molecule has 0 radical (unpaired) electrons. The molecule has 9 heteroatoms. The molecule has 0 aliphatic heterocycles. The summed E-state index contributed by atoms with van der Waals surface area (Å²) in [6.45, 7) is 7.31. The summed E-state index contributed by atoms with van der Waals surface area (Å²) in [7, 11) is 1.36. The zero-order chi connectivity index (χ0) is 36.5. The second kappa shape index (κ2) is 33.3. The van der Waals surface area contributed by atoms with E-state index in [9.17, 15) is 14.3 Å². The Bertz CT molecular complexity index is 776. The number of ether oxygens (including phenoxy) is 2. The quantitative estimate of drug-likeness (QED) is 0.0271. The van der Waals surface area contributed by atoms with Crippen molar-refractivity contribution < 1.29 is 37.3 Å². The van der Waals surface area contributed by atoms with Crippen molar-refractivity contribution in [3.63, 3.8) is 0 Å². The number of quaternary nitrogens is 1. The van der Waals surface area contributed by atoms with E-state index in [4.69, 9.17) is 18.5 Å². The van der Waals surface area contributed by atoms with E-state index in [1.165, 1.54) is 135 Å². The van der Waals surface area contributed by atoms with Crippen LogP contribution in [-0.4, -0.2) is 70.7 Å². The molecule has 0 aromatic rings. The molecule has 0 rings (SSSR count). The van der Waals surface area contributed by atoms with Gasteiger partial charge in [-0.2, -0.15) is 0 Å². The van der Waals surface area contributed by atoms with E-state index in [1.807, 2.05) is 28.1 Å². The van der Waals surface area contributed by atoms with E-state index in [1.54, 1.807) is 0 Å². The molecule has 0 bridgehead atoms. The molecule has 49 heavy (non-hydrogen) atoms. The van der Waals surface area contributed by atoms with E-state index in [0.717, 1.165) is 32.1 Å². The third kappa shape index (κ3) is 35.7. The topological polar surface area (TPSA) is 94.1 Å². The van der Waals surface area contributed by atoms with Crippen molar-refractivity contribution in [2.45, 2.75) is 194 Å². The lowest BCUT2D eigenvalue weighted by Gasteiger charge is -2.28. The van der Waals surface area contributed by atoms with Crippen LogP contribution < -0.4 is 4.89 Å². The molecule has 0 aliphatic rings. The number of esters is 1. The molecule has 8 nitrogen and oxygen atoms in total. The van der Waals surface area contributed by atoms with Crippen molar-refractivity contribution in [2.24, 2.45) is 5.92 Å². The molecule has 0 saturated carbocycles. The highest BCUT2D eigenvalue weighted by atomic mass is 31.2. The van der Waals surface area contributed by atoms with E-state index >= 15 is 0 Å². The summed E-state index contributed by atoms with van der Waals surface area (Å²) in [6.07, 6.45) is 32.0. The fraction of sp³-hybridized carbons (Fsp3) is 0.975. The van der Waals surface area contributed by atoms with Crippen molar-refractivity contribution in [1.29, 1.82) is 0 Å². The molecule has 0 heterocycles. The molecule has 0 N–H and O–H groups in total. The number of likely N-dealkylation sites (N-methyl/N-ethyl adjacent to an activating group) is 1. The summed E-state index contributed by atoms with van der Waals surface area (Å²) in [4.78, 5) is 25.3. The molecule has 0 amide bonds. The summed E-state index contributed by atoms with van der Waals surface area (Å²) in [5, 5.41) is 0. The van der Waals surface area contributed by atoms with Crippen LogP contribution >= 0.6 is 7.82 Å². The number of unbranched alkanes of at least 4 members (excludes halogenated alkanes) is 23. The molecule has 0 saturated heterocycles. The highest BCUT2D eigenvalue weighted by Gasteiger charge is 2.23. The zero-order valence-electron chi connectivity index (χ0n) is 33.3. The number of phosphoric ester groups is 1. The molecule has 0 spiro atoms. The first-order chi connectivity index (χ1) is 23.5. The van der Waals surface area contributed by atoms with Gasteiger partial charge in [-0.25, -0.2) is 0 Å². The molecule has 294 valence electrons. The second-order valence-electron chi connectivity index (χ2n) is 15.5. The van der Waals surface area contributed by atoms with Gasteiger partial charge in [-0.05, 0) is 12.8 Å². The molecule has 0 aliphatic carbocycles. The highest BCUT2D eigenvalue weighted by molar-refractivity contribution is 7.45. The Morgan fingerprint density at radius 2 is 1.00 bits per heavy atom. The average Bonchev–Trinajstić information content (AvgIpc) is 3.04. The third-order valence-electron chi connectivity index (χ3n) is 9.30. The number of rotatable bonds is 38. The van der Waals surface area contributed by atoms with E-state index < -0.39 is 13.9 Å². The minimum Gasteiger partial charge on any atom is -0.756 e. The van der Waals surface area contributed by atoms with Gasteiger partial charge in [-0.15, -0.1) is 0 Å². The van der Waals surface area contributed by atoms with Gasteiger partial charge in [0.2, 0.25) is 0 Å². The van der Waals surface area contributed by atoms with Crippen molar-refractivity contribution in [3.05, 3.63) is 0 Å². The van der Waals surface area contributed by atoms with Gasteiger partial charge >= 0.3 is 5.97 Å². The molecule has 3 atom stereocenters. The van der Waals surface area contributed by atoms with Crippen LogP contribution in [0, 0.1) is 5.92 Å². The standard InChI is InChI=1S/C40H82NO7P/c1-7-9-11-13-15-17-19-20-21-23-25-27-29-31-34-45-36-39(37-47-49(43,44)46-35-33-41(4,5)6)48-40(42)38(3)32-30-28-26-24-22-18-16-14-12-10-8-2/h38-39H,7-37H2,1-6H3/t38-,39+/m1/s1. The maximum Gasteiger partial charge on any atom is 0.309 e.